The van der Waals surface area contributed by atoms with E-state index < -0.39 is 5.97 Å². The maximum Gasteiger partial charge on any atom is 0.374 e. The van der Waals surface area contributed by atoms with Gasteiger partial charge in [-0.05, 0) is 50.9 Å². The summed E-state index contributed by atoms with van der Waals surface area (Å²) >= 11 is 0. The van der Waals surface area contributed by atoms with Crippen molar-refractivity contribution >= 4 is 5.97 Å². The summed E-state index contributed by atoms with van der Waals surface area (Å²) in [4.78, 5) is 13.2. The van der Waals surface area contributed by atoms with Gasteiger partial charge in [-0.15, -0.1) is 0 Å². The summed E-state index contributed by atoms with van der Waals surface area (Å²) in [7, 11) is 2.18. The van der Waals surface area contributed by atoms with E-state index in [0.717, 1.165) is 12.1 Å². The quantitative estimate of drug-likeness (QED) is 0.942. The number of likely N-dealkylation sites (tertiary alicyclic amines) is 1. The van der Waals surface area contributed by atoms with E-state index in [2.05, 4.69) is 29.2 Å². The van der Waals surface area contributed by atoms with Crippen molar-refractivity contribution in [3.05, 3.63) is 41.7 Å². The first kappa shape index (κ1) is 14.8. The van der Waals surface area contributed by atoms with Gasteiger partial charge in [0.15, 0.2) is 0 Å². The molecule has 1 saturated heterocycles. The molecule has 5 nitrogen and oxygen atoms in total. The molecule has 1 aromatic carbocycles. The molecular formula is C17H20N2O3. The molecule has 116 valence electrons. The Bertz CT molecular complexity index is 648. The minimum absolute atomic E-state index is 0.133. The summed E-state index contributed by atoms with van der Waals surface area (Å²) in [6.45, 7) is 2.31. The van der Waals surface area contributed by atoms with Crippen molar-refractivity contribution in [3.63, 3.8) is 0 Å². The monoisotopic (exact) mass is 300 g/mol. The summed E-state index contributed by atoms with van der Waals surface area (Å²) in [6, 6.07) is 9.69. The number of carboxylic acids is 1. The van der Waals surface area contributed by atoms with Crippen LogP contribution in [-0.4, -0.2) is 41.3 Å². The molecule has 5 heteroatoms. The lowest BCUT2D eigenvalue weighted by molar-refractivity contribution is 0.0652. The van der Waals surface area contributed by atoms with Crippen LogP contribution >= 0.6 is 0 Å². The Kier molecular flexibility index (Phi) is 4.24. The van der Waals surface area contributed by atoms with Gasteiger partial charge < -0.3 is 14.5 Å². The van der Waals surface area contributed by atoms with Crippen LogP contribution < -0.4 is 0 Å². The first-order chi connectivity index (χ1) is 10.6. The molecule has 1 aliphatic rings. The van der Waals surface area contributed by atoms with Gasteiger partial charge in [-0.25, -0.2) is 4.79 Å². The van der Waals surface area contributed by atoms with Crippen molar-refractivity contribution in [2.24, 2.45) is 0 Å². The highest BCUT2D eigenvalue weighted by Gasteiger charge is 2.17. The minimum Gasteiger partial charge on any atom is -0.475 e. The van der Waals surface area contributed by atoms with Crippen molar-refractivity contribution in [1.82, 2.24) is 10.1 Å². The largest absolute Gasteiger partial charge is 0.475 e. The average molecular weight is 300 g/mol. The fourth-order valence-electron chi connectivity index (χ4n) is 3.01. The number of carbonyl (C=O) groups is 1. The molecule has 2 heterocycles. The van der Waals surface area contributed by atoms with Crippen molar-refractivity contribution in [3.8, 4) is 11.3 Å². The highest BCUT2D eigenvalue weighted by molar-refractivity contribution is 5.85. The van der Waals surface area contributed by atoms with E-state index >= 15 is 0 Å². The van der Waals surface area contributed by atoms with Gasteiger partial charge in [0.05, 0.1) is 0 Å². The van der Waals surface area contributed by atoms with E-state index in [1.54, 1.807) is 0 Å². The van der Waals surface area contributed by atoms with Crippen LogP contribution in [0.5, 0.6) is 0 Å². The van der Waals surface area contributed by atoms with Gasteiger partial charge in [-0.1, -0.05) is 29.4 Å². The SMILES string of the molecule is CN1CCCC(c2ccc(-c3cc(C(=O)O)on3)cc2)CC1. The predicted octanol–water partition coefficient (Wildman–Crippen LogP) is 3.24. The van der Waals surface area contributed by atoms with Crippen molar-refractivity contribution in [2.75, 3.05) is 20.1 Å². The average Bonchev–Trinajstić information content (AvgIpc) is 2.92. The predicted molar refractivity (Wildman–Crippen MR) is 83.0 cm³/mol. The smallest absolute Gasteiger partial charge is 0.374 e. The Morgan fingerprint density at radius 3 is 2.73 bits per heavy atom. The fraction of sp³-hybridized carbons (Fsp3) is 0.412. The molecule has 0 saturated carbocycles. The third-order valence-electron chi connectivity index (χ3n) is 4.35. The van der Waals surface area contributed by atoms with E-state index in [-0.39, 0.29) is 5.76 Å². The molecule has 3 rings (SSSR count). The number of nitrogens with zero attached hydrogens (tertiary/aromatic N) is 2. The Morgan fingerprint density at radius 2 is 2.05 bits per heavy atom. The molecular weight excluding hydrogens is 280 g/mol. The summed E-state index contributed by atoms with van der Waals surface area (Å²) in [5.41, 5.74) is 2.79. The van der Waals surface area contributed by atoms with Gasteiger partial charge in [0.25, 0.3) is 0 Å². The molecule has 0 amide bonds. The van der Waals surface area contributed by atoms with Gasteiger partial charge in [-0.2, -0.15) is 0 Å². The normalized spacial score (nSPS) is 19.8. The number of carboxylic acid groups (broad SMARTS) is 1. The summed E-state index contributed by atoms with van der Waals surface area (Å²) < 4.78 is 4.80. The van der Waals surface area contributed by atoms with E-state index in [4.69, 9.17) is 9.63 Å². The first-order valence-electron chi connectivity index (χ1n) is 7.62. The Balaban J connectivity index is 1.75. The molecule has 1 aromatic heterocycles. The molecule has 22 heavy (non-hydrogen) atoms. The molecule has 1 fully saturated rings. The zero-order valence-electron chi connectivity index (χ0n) is 12.7. The molecule has 1 aliphatic heterocycles. The van der Waals surface area contributed by atoms with E-state index in [1.807, 2.05) is 12.1 Å². The molecule has 0 aliphatic carbocycles. The second-order valence-corrected chi connectivity index (χ2v) is 5.93. The Hall–Kier alpha value is -2.14. The van der Waals surface area contributed by atoms with Gasteiger partial charge in [0.1, 0.15) is 5.69 Å². The van der Waals surface area contributed by atoms with E-state index in [0.29, 0.717) is 11.6 Å². The lowest BCUT2D eigenvalue weighted by Crippen LogP contribution is -2.18. The van der Waals surface area contributed by atoms with E-state index in [1.165, 1.54) is 37.4 Å². The van der Waals surface area contributed by atoms with Crippen molar-refractivity contribution < 1.29 is 14.4 Å². The molecule has 1 unspecified atom stereocenters. The molecule has 2 aromatic rings. The van der Waals surface area contributed by atoms with Crippen LogP contribution in [-0.2, 0) is 0 Å². The van der Waals surface area contributed by atoms with Crippen LogP contribution in [0.1, 0.15) is 41.3 Å². The number of hydrogen-bond donors (Lipinski definition) is 1. The maximum atomic E-state index is 10.8. The Morgan fingerprint density at radius 1 is 1.27 bits per heavy atom. The van der Waals surface area contributed by atoms with E-state index in [9.17, 15) is 4.79 Å². The lowest BCUT2D eigenvalue weighted by Gasteiger charge is -2.15. The zero-order chi connectivity index (χ0) is 15.5. The van der Waals surface area contributed by atoms with Crippen LogP contribution in [0, 0.1) is 0 Å². The number of aromatic nitrogens is 1. The van der Waals surface area contributed by atoms with Crippen LogP contribution in [0.25, 0.3) is 11.3 Å². The number of benzene rings is 1. The lowest BCUT2D eigenvalue weighted by atomic mass is 9.91. The van der Waals surface area contributed by atoms with Crippen LogP contribution in [0.3, 0.4) is 0 Å². The number of rotatable bonds is 3. The van der Waals surface area contributed by atoms with Crippen LogP contribution in [0.15, 0.2) is 34.9 Å². The minimum atomic E-state index is -1.10. The van der Waals surface area contributed by atoms with Crippen LogP contribution in [0.2, 0.25) is 0 Å². The Labute approximate surface area is 129 Å². The van der Waals surface area contributed by atoms with Crippen molar-refractivity contribution in [2.45, 2.75) is 25.2 Å². The third-order valence-corrected chi connectivity index (χ3v) is 4.35. The second kappa shape index (κ2) is 6.32. The first-order valence-corrected chi connectivity index (χ1v) is 7.62. The maximum absolute atomic E-state index is 10.8. The van der Waals surface area contributed by atoms with Crippen molar-refractivity contribution in [1.29, 1.82) is 0 Å². The van der Waals surface area contributed by atoms with Crippen LogP contribution in [0.4, 0.5) is 0 Å². The summed E-state index contributed by atoms with van der Waals surface area (Å²) in [5.74, 6) is -0.630. The van der Waals surface area contributed by atoms with Gasteiger partial charge in [-0.3, -0.25) is 0 Å². The second-order valence-electron chi connectivity index (χ2n) is 5.93. The zero-order valence-corrected chi connectivity index (χ0v) is 12.7. The van der Waals surface area contributed by atoms with Gasteiger partial charge in [0.2, 0.25) is 5.76 Å². The topological polar surface area (TPSA) is 66.6 Å². The summed E-state index contributed by atoms with van der Waals surface area (Å²) in [6.07, 6.45) is 3.63. The highest BCUT2D eigenvalue weighted by Crippen LogP contribution is 2.29. The molecule has 0 bridgehead atoms. The van der Waals surface area contributed by atoms with Gasteiger partial charge >= 0.3 is 5.97 Å². The molecule has 1 N–H and O–H groups in total. The standard InChI is InChI=1S/C17H20N2O3/c1-19-9-2-3-12(8-10-19)13-4-6-14(7-5-13)15-11-16(17(20)21)22-18-15/h4-7,11-12H,2-3,8-10H2,1H3,(H,20,21). The van der Waals surface area contributed by atoms with Gasteiger partial charge in [0, 0.05) is 11.6 Å². The molecule has 1 atom stereocenters. The fourth-order valence-corrected chi connectivity index (χ4v) is 3.01. The molecule has 0 spiro atoms. The number of hydrogen-bond acceptors (Lipinski definition) is 4. The number of aromatic carboxylic acids is 1. The molecule has 0 radical (unpaired) electrons. The highest BCUT2D eigenvalue weighted by atomic mass is 16.5. The summed E-state index contributed by atoms with van der Waals surface area (Å²) in [5, 5.41) is 12.7. The third kappa shape index (κ3) is 3.20.